The number of hydrogen-bond acceptors (Lipinski definition) is 3. The van der Waals surface area contributed by atoms with Crippen molar-refractivity contribution in [2.45, 2.75) is 39.3 Å². The minimum Gasteiger partial charge on any atom is -0.480 e. The van der Waals surface area contributed by atoms with Crippen LogP contribution in [0.5, 0.6) is 0 Å². The third kappa shape index (κ3) is 1.77. The van der Waals surface area contributed by atoms with Crippen LogP contribution in [0.2, 0.25) is 0 Å². The van der Waals surface area contributed by atoms with Crippen molar-refractivity contribution < 1.29 is 14.6 Å². The van der Waals surface area contributed by atoms with Gasteiger partial charge in [-0.05, 0) is 24.7 Å². The lowest BCUT2D eigenvalue weighted by molar-refractivity contribution is -0.162. The smallest absolute Gasteiger partial charge is 0.320 e. The van der Waals surface area contributed by atoms with E-state index in [0.29, 0.717) is 6.61 Å². The summed E-state index contributed by atoms with van der Waals surface area (Å²) in [6.07, 6.45) is 0.914. The van der Waals surface area contributed by atoms with Crippen LogP contribution < -0.4 is 5.73 Å². The first-order valence-electron chi connectivity index (χ1n) is 5.01. The van der Waals surface area contributed by atoms with E-state index in [0.717, 1.165) is 6.42 Å². The van der Waals surface area contributed by atoms with Crippen LogP contribution >= 0.6 is 0 Å². The molecular weight excluding hydrogens is 182 g/mol. The van der Waals surface area contributed by atoms with Crippen LogP contribution in [0.25, 0.3) is 0 Å². The van der Waals surface area contributed by atoms with E-state index in [1.165, 1.54) is 0 Å². The first-order chi connectivity index (χ1) is 6.41. The predicted octanol–water partition coefficient (Wildman–Crippen LogP) is 0.849. The second-order valence-electron chi connectivity index (χ2n) is 4.47. The molecule has 0 saturated heterocycles. The third-order valence-corrected chi connectivity index (χ3v) is 3.34. The van der Waals surface area contributed by atoms with Crippen LogP contribution in [0.3, 0.4) is 0 Å². The van der Waals surface area contributed by atoms with Gasteiger partial charge >= 0.3 is 5.97 Å². The van der Waals surface area contributed by atoms with Crippen molar-refractivity contribution in [1.82, 2.24) is 0 Å². The molecule has 1 rings (SSSR count). The number of aliphatic carboxylic acids is 1. The van der Waals surface area contributed by atoms with E-state index in [-0.39, 0.29) is 17.4 Å². The van der Waals surface area contributed by atoms with Crippen molar-refractivity contribution in [3.63, 3.8) is 0 Å². The molecule has 0 radical (unpaired) electrons. The fourth-order valence-corrected chi connectivity index (χ4v) is 2.18. The molecule has 0 heterocycles. The van der Waals surface area contributed by atoms with Crippen LogP contribution in [-0.4, -0.2) is 29.8 Å². The summed E-state index contributed by atoms with van der Waals surface area (Å²) in [7, 11) is 0. The summed E-state index contributed by atoms with van der Waals surface area (Å²) < 4.78 is 5.50. The Morgan fingerprint density at radius 3 is 2.64 bits per heavy atom. The van der Waals surface area contributed by atoms with Crippen molar-refractivity contribution in [3.8, 4) is 0 Å². The Morgan fingerprint density at radius 1 is 1.71 bits per heavy atom. The van der Waals surface area contributed by atoms with Crippen LogP contribution in [0.4, 0.5) is 0 Å². The zero-order chi connectivity index (χ0) is 10.9. The average Bonchev–Trinajstić information content (AvgIpc) is 2.10. The molecule has 1 aliphatic carbocycles. The van der Waals surface area contributed by atoms with E-state index < -0.39 is 12.0 Å². The molecule has 3 N–H and O–H groups in total. The topological polar surface area (TPSA) is 72.5 Å². The monoisotopic (exact) mass is 201 g/mol. The van der Waals surface area contributed by atoms with Gasteiger partial charge in [-0.2, -0.15) is 0 Å². The van der Waals surface area contributed by atoms with Crippen molar-refractivity contribution >= 4 is 5.97 Å². The van der Waals surface area contributed by atoms with Gasteiger partial charge in [0.1, 0.15) is 6.04 Å². The van der Waals surface area contributed by atoms with E-state index in [1.54, 1.807) is 0 Å². The number of hydrogen-bond donors (Lipinski definition) is 2. The van der Waals surface area contributed by atoms with Gasteiger partial charge in [-0.1, -0.05) is 13.8 Å². The molecule has 0 aromatic rings. The molecule has 1 fully saturated rings. The second kappa shape index (κ2) is 3.87. The standard InChI is InChI=1S/C10H19NO3/c1-4-14-7-5-6(10(7,2)3)8(11)9(12)13/h6-8H,4-5,11H2,1-3H3,(H,12,13)/t6?,7?,8-/m0/s1. The van der Waals surface area contributed by atoms with Gasteiger partial charge in [0.25, 0.3) is 0 Å². The number of ether oxygens (including phenoxy) is 1. The van der Waals surface area contributed by atoms with Gasteiger partial charge in [0.05, 0.1) is 6.10 Å². The fourth-order valence-electron chi connectivity index (χ4n) is 2.18. The lowest BCUT2D eigenvalue weighted by Gasteiger charge is -2.52. The van der Waals surface area contributed by atoms with Crippen LogP contribution in [0.15, 0.2) is 0 Å². The van der Waals surface area contributed by atoms with Gasteiger partial charge in [-0.3, -0.25) is 4.79 Å². The average molecular weight is 201 g/mol. The molecule has 2 unspecified atom stereocenters. The van der Waals surface area contributed by atoms with Crippen molar-refractivity contribution in [3.05, 3.63) is 0 Å². The number of carboxylic acids is 1. The Labute approximate surface area is 84.4 Å². The van der Waals surface area contributed by atoms with Crippen LogP contribution in [0.1, 0.15) is 27.2 Å². The van der Waals surface area contributed by atoms with E-state index in [4.69, 9.17) is 15.6 Å². The lowest BCUT2D eigenvalue weighted by atomic mass is 9.57. The molecule has 0 spiro atoms. The third-order valence-electron chi connectivity index (χ3n) is 3.34. The largest absolute Gasteiger partial charge is 0.480 e. The highest BCUT2D eigenvalue weighted by molar-refractivity contribution is 5.74. The minimum atomic E-state index is -0.918. The SMILES string of the molecule is CCOC1CC([C@H](N)C(=O)O)C1(C)C. The summed E-state index contributed by atoms with van der Waals surface area (Å²) in [5, 5.41) is 8.80. The quantitative estimate of drug-likeness (QED) is 0.707. The molecule has 0 bridgehead atoms. The summed E-state index contributed by atoms with van der Waals surface area (Å²) >= 11 is 0. The maximum Gasteiger partial charge on any atom is 0.320 e. The summed E-state index contributed by atoms with van der Waals surface area (Å²) in [5.74, 6) is -0.894. The Bertz CT molecular complexity index is 227. The number of carbonyl (C=O) groups is 1. The van der Waals surface area contributed by atoms with E-state index >= 15 is 0 Å². The zero-order valence-corrected chi connectivity index (χ0v) is 8.99. The fraction of sp³-hybridized carbons (Fsp3) is 0.900. The van der Waals surface area contributed by atoms with Gasteiger partial charge in [0, 0.05) is 6.61 Å². The van der Waals surface area contributed by atoms with E-state index in [2.05, 4.69) is 0 Å². The summed E-state index contributed by atoms with van der Waals surface area (Å²) in [5.41, 5.74) is 5.48. The number of carboxylic acid groups (broad SMARTS) is 1. The van der Waals surface area contributed by atoms with Crippen molar-refractivity contribution in [2.24, 2.45) is 17.1 Å². The highest BCUT2D eigenvalue weighted by atomic mass is 16.5. The Morgan fingerprint density at radius 2 is 2.29 bits per heavy atom. The molecule has 4 nitrogen and oxygen atoms in total. The Hall–Kier alpha value is -0.610. The Kier molecular flexibility index (Phi) is 3.17. The molecule has 1 saturated carbocycles. The number of nitrogens with two attached hydrogens (primary N) is 1. The van der Waals surface area contributed by atoms with E-state index in [9.17, 15) is 4.79 Å². The highest BCUT2D eigenvalue weighted by Gasteiger charge is 2.52. The second-order valence-corrected chi connectivity index (χ2v) is 4.47. The maximum atomic E-state index is 10.7. The first-order valence-corrected chi connectivity index (χ1v) is 5.01. The minimum absolute atomic E-state index is 0.0246. The van der Waals surface area contributed by atoms with Gasteiger partial charge in [-0.15, -0.1) is 0 Å². The molecule has 82 valence electrons. The maximum absolute atomic E-state index is 10.7. The first kappa shape index (κ1) is 11.5. The van der Waals surface area contributed by atoms with Gasteiger partial charge in [-0.25, -0.2) is 0 Å². The lowest BCUT2D eigenvalue weighted by Crippen LogP contribution is -2.59. The predicted molar refractivity (Wildman–Crippen MR) is 52.9 cm³/mol. The highest BCUT2D eigenvalue weighted by Crippen LogP contribution is 2.49. The molecule has 0 aromatic heterocycles. The number of rotatable bonds is 4. The molecule has 0 aliphatic heterocycles. The van der Waals surface area contributed by atoms with Crippen molar-refractivity contribution in [2.75, 3.05) is 6.61 Å². The van der Waals surface area contributed by atoms with Gasteiger partial charge in [0.2, 0.25) is 0 Å². The molecule has 3 atom stereocenters. The Balaban J connectivity index is 2.58. The van der Waals surface area contributed by atoms with Crippen LogP contribution in [0, 0.1) is 11.3 Å². The van der Waals surface area contributed by atoms with Gasteiger partial charge < -0.3 is 15.6 Å². The summed E-state index contributed by atoms with van der Waals surface area (Å²) in [6, 6.07) is -0.762. The van der Waals surface area contributed by atoms with Crippen LogP contribution in [-0.2, 0) is 9.53 Å². The summed E-state index contributed by atoms with van der Waals surface area (Å²) in [4.78, 5) is 10.7. The molecule has 4 heteroatoms. The van der Waals surface area contributed by atoms with Gasteiger partial charge in [0.15, 0.2) is 0 Å². The molecule has 0 aromatic carbocycles. The summed E-state index contributed by atoms with van der Waals surface area (Å²) in [6.45, 7) is 6.65. The molecule has 14 heavy (non-hydrogen) atoms. The molecule has 0 amide bonds. The molecular formula is C10H19NO3. The molecule has 1 aliphatic rings. The van der Waals surface area contributed by atoms with E-state index in [1.807, 2.05) is 20.8 Å². The zero-order valence-electron chi connectivity index (χ0n) is 8.99. The van der Waals surface area contributed by atoms with Crippen molar-refractivity contribution in [1.29, 1.82) is 0 Å². The normalized spacial score (nSPS) is 32.0.